The fourth-order valence-electron chi connectivity index (χ4n) is 10.0. The summed E-state index contributed by atoms with van der Waals surface area (Å²) in [5.41, 5.74) is 9.38. The van der Waals surface area contributed by atoms with Crippen LogP contribution >= 0.6 is 11.3 Å². The first kappa shape index (κ1) is 38.4. The molecule has 0 spiro atoms. The molecule has 1 aliphatic heterocycles. The van der Waals surface area contributed by atoms with Gasteiger partial charge < -0.3 is 9.80 Å². The van der Waals surface area contributed by atoms with Gasteiger partial charge in [-0.15, -0.1) is 11.3 Å². The molecule has 4 heteroatoms. The monoisotopic (exact) mass is 840 g/mol. The van der Waals surface area contributed by atoms with Crippen molar-refractivity contribution in [3.8, 4) is 11.1 Å². The van der Waals surface area contributed by atoms with Gasteiger partial charge in [-0.05, 0) is 97.2 Å². The van der Waals surface area contributed by atoms with Gasteiger partial charge in [0.1, 0.15) is 0 Å². The number of benzene rings is 10. The lowest BCUT2D eigenvalue weighted by atomic mass is 9.98. The molecular formula is C59H44N2SSi. The maximum absolute atomic E-state index is 2.86. The molecule has 300 valence electrons. The van der Waals surface area contributed by atoms with Crippen molar-refractivity contribution in [3.05, 3.63) is 243 Å². The molecule has 0 atom stereocenters. The largest absolute Gasteiger partial charge is 0.311 e. The highest BCUT2D eigenvalue weighted by atomic mass is 32.1. The van der Waals surface area contributed by atoms with Crippen molar-refractivity contribution in [2.75, 3.05) is 9.80 Å². The Balaban J connectivity index is 0.00000444. The van der Waals surface area contributed by atoms with Crippen LogP contribution in [0.25, 0.3) is 42.1 Å². The van der Waals surface area contributed by atoms with Crippen molar-refractivity contribution >= 4 is 105 Å². The normalized spacial score (nSPS) is 12.7. The first-order valence-corrected chi connectivity index (χ1v) is 24.1. The Labute approximate surface area is 374 Å². The summed E-state index contributed by atoms with van der Waals surface area (Å²) in [5.74, 6) is 0. The van der Waals surface area contributed by atoms with Crippen LogP contribution in [0, 0.1) is 0 Å². The van der Waals surface area contributed by atoms with Gasteiger partial charge in [-0.3, -0.25) is 0 Å². The third-order valence-corrected chi connectivity index (χ3v) is 18.8. The van der Waals surface area contributed by atoms with Gasteiger partial charge in [0.15, 0.2) is 8.07 Å². The van der Waals surface area contributed by atoms with E-state index in [1.165, 1.54) is 79.9 Å². The molecule has 0 bridgehead atoms. The lowest BCUT2D eigenvalue weighted by Crippen LogP contribution is -2.77. The maximum atomic E-state index is 2.51. The molecule has 63 heavy (non-hydrogen) atoms. The Kier molecular flexibility index (Phi) is 9.61. The molecule has 0 N–H and O–H groups in total. The van der Waals surface area contributed by atoms with Crippen molar-refractivity contribution in [2.45, 2.75) is 7.43 Å². The molecule has 0 saturated heterocycles. The number of nitrogens with zero attached hydrogens (tertiary/aromatic N) is 2. The molecule has 11 aromatic rings. The smallest absolute Gasteiger partial charge is 0.184 e. The third-order valence-electron chi connectivity index (χ3n) is 12.7. The fraction of sp³-hybridized carbons (Fsp3) is 0.0169. The minimum Gasteiger partial charge on any atom is -0.311 e. The van der Waals surface area contributed by atoms with Crippen LogP contribution in [-0.2, 0) is 0 Å². The molecule has 12 rings (SSSR count). The Morgan fingerprint density at radius 3 is 1.75 bits per heavy atom. The van der Waals surface area contributed by atoms with E-state index in [4.69, 9.17) is 0 Å². The van der Waals surface area contributed by atoms with Crippen LogP contribution in [0.15, 0.2) is 243 Å². The van der Waals surface area contributed by atoms with Crippen LogP contribution in [0.3, 0.4) is 0 Å². The van der Waals surface area contributed by atoms with Crippen LogP contribution in [-0.4, -0.2) is 8.07 Å². The zero-order chi connectivity index (χ0) is 41.0. The second kappa shape index (κ2) is 15.8. The Morgan fingerprint density at radius 2 is 0.984 bits per heavy atom. The van der Waals surface area contributed by atoms with E-state index in [0.29, 0.717) is 0 Å². The molecule has 0 aliphatic carbocycles. The minimum atomic E-state index is -2.86. The summed E-state index contributed by atoms with van der Waals surface area (Å²) in [6.45, 7) is 0. The molecule has 2 nitrogen and oxygen atoms in total. The summed E-state index contributed by atoms with van der Waals surface area (Å²) in [4.78, 5) is 5.00. The van der Waals surface area contributed by atoms with Gasteiger partial charge in [0.25, 0.3) is 0 Å². The predicted molar refractivity (Wildman–Crippen MR) is 276 cm³/mol. The molecule has 10 aromatic carbocycles. The molecule has 0 saturated carbocycles. The van der Waals surface area contributed by atoms with Gasteiger partial charge in [0, 0.05) is 43.9 Å². The number of para-hydroxylation sites is 2. The summed E-state index contributed by atoms with van der Waals surface area (Å²) >= 11 is 1.87. The number of rotatable bonds is 7. The van der Waals surface area contributed by atoms with Crippen LogP contribution in [0.2, 0.25) is 0 Å². The average molecular weight is 841 g/mol. The fourth-order valence-corrected chi connectivity index (χ4v) is 16.3. The lowest BCUT2D eigenvalue weighted by molar-refractivity contribution is 1.26. The molecule has 0 amide bonds. The topological polar surface area (TPSA) is 6.48 Å². The van der Waals surface area contributed by atoms with E-state index >= 15 is 0 Å². The summed E-state index contributed by atoms with van der Waals surface area (Å²) < 4.78 is 2.56. The maximum Gasteiger partial charge on any atom is 0.184 e. The van der Waals surface area contributed by atoms with E-state index < -0.39 is 8.07 Å². The number of fused-ring (bicyclic) bond motifs is 6. The molecule has 1 aromatic heterocycles. The second-order valence-corrected chi connectivity index (χ2v) is 20.8. The number of thiophene rings is 1. The molecule has 1 aliphatic rings. The van der Waals surface area contributed by atoms with Crippen molar-refractivity contribution in [2.24, 2.45) is 0 Å². The summed E-state index contributed by atoms with van der Waals surface area (Å²) in [7, 11) is -2.86. The van der Waals surface area contributed by atoms with Gasteiger partial charge in [0.05, 0.1) is 10.4 Å². The zero-order valence-electron chi connectivity index (χ0n) is 33.9. The highest BCUT2D eigenvalue weighted by Crippen LogP contribution is 2.47. The predicted octanol–water partition coefficient (Wildman–Crippen LogP) is 14.1. The van der Waals surface area contributed by atoms with Crippen molar-refractivity contribution in [3.63, 3.8) is 0 Å². The van der Waals surface area contributed by atoms with E-state index in [1.54, 1.807) is 0 Å². The van der Waals surface area contributed by atoms with Gasteiger partial charge in [-0.2, -0.15) is 0 Å². The highest BCUT2D eigenvalue weighted by Gasteiger charge is 2.49. The first-order chi connectivity index (χ1) is 30.8. The number of anilines is 6. The molecule has 0 radical (unpaired) electrons. The Bertz CT molecular complexity index is 3370. The second-order valence-electron chi connectivity index (χ2n) is 16.0. The van der Waals surface area contributed by atoms with Crippen molar-refractivity contribution in [1.29, 1.82) is 0 Å². The van der Waals surface area contributed by atoms with Gasteiger partial charge in [-0.25, -0.2) is 0 Å². The van der Waals surface area contributed by atoms with E-state index in [9.17, 15) is 0 Å². The van der Waals surface area contributed by atoms with Gasteiger partial charge in [-0.1, -0.05) is 195 Å². The Hall–Kier alpha value is -7.50. The third kappa shape index (κ3) is 6.13. The molecule has 0 fully saturated rings. The van der Waals surface area contributed by atoms with Crippen molar-refractivity contribution < 1.29 is 0 Å². The lowest BCUT2D eigenvalue weighted by Gasteiger charge is -2.45. The van der Waals surface area contributed by atoms with E-state index in [-0.39, 0.29) is 7.43 Å². The summed E-state index contributed by atoms with van der Waals surface area (Å²) in [6.07, 6.45) is 0. The minimum absolute atomic E-state index is 0. The quantitative estimate of drug-likeness (QED) is 0.148. The molecule has 2 heterocycles. The zero-order valence-corrected chi connectivity index (χ0v) is 35.7. The standard InChI is InChI=1S/C58H40N2SSi.CH4/c1-4-20-43(21-5-1)60-52-30-13-15-33-56(52)62(46-22-6-2-7-23-46,47-24-8-3-9-25-47)57-39-38-45(40-54(57)60)59(53-31-17-29-51-50-27-12-14-32-55(50)61-58(51)53)44-36-34-42(35-37-44)49-28-16-19-41-18-10-11-26-48(41)49;/h1-40H;1H4. The number of hydrogen-bond acceptors (Lipinski definition) is 3. The van der Waals surface area contributed by atoms with Gasteiger partial charge in [0.2, 0.25) is 0 Å². The molecule has 0 unspecified atom stereocenters. The van der Waals surface area contributed by atoms with Crippen molar-refractivity contribution in [1.82, 2.24) is 0 Å². The SMILES string of the molecule is C.c1ccc(N2c3ccccc3[Si](c3ccccc3)(c3ccccc3)c3ccc(N(c4ccc(-c5cccc6ccccc56)cc4)c4cccc5c4sc4ccccc45)cc32)cc1. The Morgan fingerprint density at radius 1 is 0.413 bits per heavy atom. The van der Waals surface area contributed by atoms with E-state index in [1.807, 2.05) is 11.3 Å². The van der Waals surface area contributed by atoms with E-state index in [0.717, 1.165) is 17.1 Å². The average Bonchev–Trinajstić information content (AvgIpc) is 3.74. The van der Waals surface area contributed by atoms with Crippen LogP contribution < -0.4 is 30.5 Å². The van der Waals surface area contributed by atoms with Crippen LogP contribution in [0.4, 0.5) is 34.1 Å². The van der Waals surface area contributed by atoms with Crippen LogP contribution in [0.5, 0.6) is 0 Å². The summed E-state index contributed by atoms with van der Waals surface area (Å²) in [6, 6.07) is 90.0. The first-order valence-electron chi connectivity index (χ1n) is 21.3. The van der Waals surface area contributed by atoms with Crippen LogP contribution in [0.1, 0.15) is 7.43 Å². The molecular weight excluding hydrogens is 797 g/mol. The summed E-state index contributed by atoms with van der Waals surface area (Å²) in [5, 5.41) is 10.6. The number of hydrogen-bond donors (Lipinski definition) is 0. The van der Waals surface area contributed by atoms with Gasteiger partial charge >= 0.3 is 0 Å². The van der Waals surface area contributed by atoms with E-state index in [2.05, 4.69) is 252 Å². The highest BCUT2D eigenvalue weighted by molar-refractivity contribution is 7.26.